The average Bonchev–Trinajstić information content (AvgIpc) is 3.23. The summed E-state index contributed by atoms with van der Waals surface area (Å²) in [6.45, 7) is 15.1. The van der Waals surface area contributed by atoms with Gasteiger partial charge in [-0.15, -0.1) is 0 Å². The Morgan fingerprint density at radius 2 is 1.88 bits per heavy atom. The molecule has 5 nitrogen and oxygen atoms in total. The maximum absolute atomic E-state index is 5.23. The Kier molecular flexibility index (Phi) is 5.07. The first kappa shape index (κ1) is 18.2. The quantitative estimate of drug-likeness (QED) is 0.833. The number of aryl methyl sites for hydroxylation is 2. The molecule has 0 bridgehead atoms. The molecule has 3 heterocycles. The average molecular weight is 345 g/mol. The largest absolute Gasteiger partial charge is 0.383 e. The molecule has 1 unspecified atom stereocenters. The molecular formula is C20H32N4O. The van der Waals surface area contributed by atoms with E-state index in [0.717, 1.165) is 38.5 Å². The SMILES string of the molecule is COCCN1CCC(n2nc(-n3c(C)ccc3C)cc2C(C)(C)C)C1. The van der Waals surface area contributed by atoms with Crippen LogP contribution in [0.5, 0.6) is 0 Å². The monoisotopic (exact) mass is 344 g/mol. The first-order valence-corrected chi connectivity index (χ1v) is 9.28. The zero-order chi connectivity index (χ0) is 18.2. The van der Waals surface area contributed by atoms with Crippen LogP contribution in [0.3, 0.4) is 0 Å². The Morgan fingerprint density at radius 3 is 2.48 bits per heavy atom. The fourth-order valence-corrected chi connectivity index (χ4v) is 3.79. The minimum absolute atomic E-state index is 0.0696. The highest BCUT2D eigenvalue weighted by molar-refractivity contribution is 5.35. The minimum Gasteiger partial charge on any atom is -0.383 e. The van der Waals surface area contributed by atoms with Gasteiger partial charge in [-0.1, -0.05) is 20.8 Å². The van der Waals surface area contributed by atoms with E-state index < -0.39 is 0 Å². The summed E-state index contributed by atoms with van der Waals surface area (Å²) in [4.78, 5) is 2.48. The molecule has 0 saturated carbocycles. The van der Waals surface area contributed by atoms with E-state index >= 15 is 0 Å². The summed E-state index contributed by atoms with van der Waals surface area (Å²) in [6, 6.07) is 7.04. The highest BCUT2D eigenvalue weighted by Gasteiger charge is 2.30. The molecule has 0 spiro atoms. The maximum Gasteiger partial charge on any atom is 0.159 e. The van der Waals surface area contributed by atoms with Crippen molar-refractivity contribution in [2.75, 3.05) is 33.4 Å². The zero-order valence-electron chi connectivity index (χ0n) is 16.5. The highest BCUT2D eigenvalue weighted by Crippen LogP contribution is 2.31. The maximum atomic E-state index is 5.23. The van der Waals surface area contributed by atoms with Gasteiger partial charge in [0.15, 0.2) is 5.82 Å². The summed E-state index contributed by atoms with van der Waals surface area (Å²) in [7, 11) is 1.77. The number of likely N-dealkylation sites (tertiary alicyclic amines) is 1. The molecule has 138 valence electrons. The fraction of sp³-hybridized carbons (Fsp3) is 0.650. The van der Waals surface area contributed by atoms with E-state index in [1.165, 1.54) is 17.1 Å². The van der Waals surface area contributed by atoms with Crippen molar-refractivity contribution >= 4 is 0 Å². The third kappa shape index (κ3) is 3.67. The number of aromatic nitrogens is 3. The van der Waals surface area contributed by atoms with E-state index in [-0.39, 0.29) is 5.41 Å². The molecule has 0 amide bonds. The highest BCUT2D eigenvalue weighted by atomic mass is 16.5. The van der Waals surface area contributed by atoms with Gasteiger partial charge in [0.25, 0.3) is 0 Å². The van der Waals surface area contributed by atoms with Crippen LogP contribution in [-0.4, -0.2) is 52.6 Å². The van der Waals surface area contributed by atoms with Gasteiger partial charge in [-0.05, 0) is 32.4 Å². The van der Waals surface area contributed by atoms with Crippen LogP contribution in [0.15, 0.2) is 18.2 Å². The molecule has 1 aliphatic heterocycles. The Bertz CT molecular complexity index is 703. The van der Waals surface area contributed by atoms with Gasteiger partial charge in [-0.2, -0.15) is 5.10 Å². The Balaban J connectivity index is 1.94. The molecule has 0 N–H and O–H groups in total. The zero-order valence-corrected chi connectivity index (χ0v) is 16.5. The van der Waals surface area contributed by atoms with Crippen molar-refractivity contribution in [2.24, 2.45) is 0 Å². The molecule has 0 aliphatic carbocycles. The normalized spacial score (nSPS) is 19.0. The summed E-state index contributed by atoms with van der Waals surface area (Å²) in [5.74, 6) is 1.04. The predicted octanol–water partition coefficient (Wildman–Crippen LogP) is 3.48. The van der Waals surface area contributed by atoms with Gasteiger partial charge >= 0.3 is 0 Å². The third-order valence-electron chi connectivity index (χ3n) is 5.20. The second-order valence-corrected chi connectivity index (χ2v) is 8.27. The lowest BCUT2D eigenvalue weighted by atomic mass is 9.91. The molecule has 25 heavy (non-hydrogen) atoms. The summed E-state index contributed by atoms with van der Waals surface area (Å²) in [5.41, 5.74) is 3.85. The van der Waals surface area contributed by atoms with Crippen LogP contribution in [0.25, 0.3) is 5.82 Å². The lowest BCUT2D eigenvalue weighted by Crippen LogP contribution is -2.27. The van der Waals surface area contributed by atoms with Crippen molar-refractivity contribution in [3.05, 3.63) is 35.3 Å². The standard InChI is InChI=1S/C20H32N4O/c1-15-7-8-16(2)23(15)19-13-18(20(3,4)5)24(21-19)17-9-10-22(14-17)11-12-25-6/h7-8,13,17H,9-12,14H2,1-6H3. The van der Waals surface area contributed by atoms with Gasteiger partial charge in [0.05, 0.1) is 12.6 Å². The van der Waals surface area contributed by atoms with Gasteiger partial charge < -0.3 is 9.30 Å². The summed E-state index contributed by atoms with van der Waals surface area (Å²) in [5, 5.41) is 5.06. The molecule has 3 rings (SSSR count). The first-order chi connectivity index (χ1) is 11.8. The molecule has 0 radical (unpaired) electrons. The van der Waals surface area contributed by atoms with Gasteiger partial charge in [0, 0.05) is 55.3 Å². The van der Waals surface area contributed by atoms with Crippen molar-refractivity contribution in [1.29, 1.82) is 0 Å². The summed E-state index contributed by atoms with van der Waals surface area (Å²) < 4.78 is 9.78. The van der Waals surface area contributed by atoms with E-state index in [2.05, 4.69) is 67.0 Å². The molecule has 2 aromatic rings. The summed E-state index contributed by atoms with van der Waals surface area (Å²) in [6.07, 6.45) is 1.15. The molecule has 0 aromatic carbocycles. The van der Waals surface area contributed by atoms with Gasteiger partial charge in [0.2, 0.25) is 0 Å². The molecule has 1 atom stereocenters. The Labute approximate surface area is 151 Å². The minimum atomic E-state index is 0.0696. The Hall–Kier alpha value is -1.59. The number of hydrogen-bond acceptors (Lipinski definition) is 3. The molecular weight excluding hydrogens is 312 g/mol. The molecule has 5 heteroatoms. The second-order valence-electron chi connectivity index (χ2n) is 8.27. The van der Waals surface area contributed by atoms with E-state index in [4.69, 9.17) is 9.84 Å². The second kappa shape index (κ2) is 6.96. The topological polar surface area (TPSA) is 35.2 Å². The van der Waals surface area contributed by atoms with Crippen LogP contribution < -0.4 is 0 Å². The number of rotatable bonds is 5. The molecule has 1 saturated heterocycles. The van der Waals surface area contributed by atoms with Crippen molar-refractivity contribution in [2.45, 2.75) is 52.5 Å². The van der Waals surface area contributed by atoms with Gasteiger partial charge in [-0.3, -0.25) is 9.58 Å². The van der Waals surface area contributed by atoms with Gasteiger partial charge in [-0.25, -0.2) is 0 Å². The van der Waals surface area contributed by atoms with Crippen LogP contribution in [0.2, 0.25) is 0 Å². The third-order valence-corrected chi connectivity index (χ3v) is 5.20. The van der Waals surface area contributed by atoms with Crippen molar-refractivity contribution in [3.8, 4) is 5.82 Å². The number of nitrogens with zero attached hydrogens (tertiary/aromatic N) is 4. The van der Waals surface area contributed by atoms with E-state index in [9.17, 15) is 0 Å². The van der Waals surface area contributed by atoms with Crippen LogP contribution in [-0.2, 0) is 10.2 Å². The van der Waals surface area contributed by atoms with E-state index in [1.54, 1.807) is 7.11 Å². The first-order valence-electron chi connectivity index (χ1n) is 9.28. The lowest BCUT2D eigenvalue weighted by Gasteiger charge is -2.23. The Morgan fingerprint density at radius 1 is 1.20 bits per heavy atom. The van der Waals surface area contributed by atoms with Crippen LogP contribution in [0, 0.1) is 13.8 Å². The van der Waals surface area contributed by atoms with Crippen molar-refractivity contribution in [3.63, 3.8) is 0 Å². The summed E-state index contributed by atoms with van der Waals surface area (Å²) >= 11 is 0. The lowest BCUT2D eigenvalue weighted by molar-refractivity contribution is 0.158. The van der Waals surface area contributed by atoms with Gasteiger partial charge in [0.1, 0.15) is 0 Å². The smallest absolute Gasteiger partial charge is 0.159 e. The van der Waals surface area contributed by atoms with E-state index in [1.807, 2.05) is 0 Å². The number of ether oxygens (including phenoxy) is 1. The number of methoxy groups -OCH3 is 1. The molecule has 1 aliphatic rings. The van der Waals surface area contributed by atoms with Crippen LogP contribution in [0.1, 0.15) is 50.3 Å². The van der Waals surface area contributed by atoms with Crippen molar-refractivity contribution < 1.29 is 4.74 Å². The molecule has 1 fully saturated rings. The van der Waals surface area contributed by atoms with Crippen LogP contribution in [0.4, 0.5) is 0 Å². The fourth-order valence-electron chi connectivity index (χ4n) is 3.79. The number of hydrogen-bond donors (Lipinski definition) is 0. The van der Waals surface area contributed by atoms with Crippen LogP contribution >= 0.6 is 0 Å². The predicted molar refractivity (Wildman–Crippen MR) is 102 cm³/mol. The van der Waals surface area contributed by atoms with Crippen molar-refractivity contribution in [1.82, 2.24) is 19.2 Å². The molecule has 2 aromatic heterocycles. The van der Waals surface area contributed by atoms with E-state index in [0.29, 0.717) is 6.04 Å².